The van der Waals surface area contributed by atoms with Gasteiger partial charge in [-0.05, 0) is 24.3 Å². The molecule has 0 fully saturated rings. The van der Waals surface area contributed by atoms with Gasteiger partial charge in [-0.1, -0.05) is 17.7 Å². The molecule has 0 saturated heterocycles. The van der Waals surface area contributed by atoms with Gasteiger partial charge in [-0.25, -0.2) is 4.39 Å². The van der Waals surface area contributed by atoms with Crippen molar-refractivity contribution >= 4 is 28.2 Å². The van der Waals surface area contributed by atoms with Crippen LogP contribution >= 0.6 is 11.6 Å². The van der Waals surface area contributed by atoms with Crippen molar-refractivity contribution in [3.05, 3.63) is 65.0 Å². The molecule has 0 N–H and O–H groups in total. The smallest absolute Gasteiger partial charge is 0.332 e. The average molecular weight is 379 g/mol. The Bertz CT molecular complexity index is 1150. The Balaban J connectivity index is 1.90. The summed E-state index contributed by atoms with van der Waals surface area (Å²) < 4.78 is 50.0. The van der Waals surface area contributed by atoms with Crippen LogP contribution < -0.4 is 4.74 Å². The Kier molecular flexibility index (Phi) is 3.73. The molecule has 0 amide bonds. The van der Waals surface area contributed by atoms with E-state index in [9.17, 15) is 4.39 Å². The van der Waals surface area contributed by atoms with Gasteiger partial charge in [-0.3, -0.25) is 9.38 Å². The lowest BCUT2D eigenvalue weighted by Gasteiger charge is -2.16. The number of hydrogen-bond donors (Lipinski definition) is 0. The van der Waals surface area contributed by atoms with E-state index >= 15 is 8.78 Å². The maximum absolute atomic E-state index is 15.1. The van der Waals surface area contributed by atoms with Gasteiger partial charge in [0, 0.05) is 17.1 Å². The summed E-state index contributed by atoms with van der Waals surface area (Å²) in [6.07, 6.45) is 2.64. The third-order valence-corrected chi connectivity index (χ3v) is 4.17. The van der Waals surface area contributed by atoms with Crippen molar-refractivity contribution in [1.82, 2.24) is 19.6 Å². The van der Waals surface area contributed by atoms with Crippen molar-refractivity contribution in [3.8, 4) is 5.75 Å². The van der Waals surface area contributed by atoms with Gasteiger partial charge in [-0.15, -0.1) is 10.2 Å². The highest BCUT2D eigenvalue weighted by atomic mass is 35.5. The molecule has 0 atom stereocenters. The zero-order valence-electron chi connectivity index (χ0n) is 13.3. The Morgan fingerprint density at radius 3 is 2.73 bits per heavy atom. The minimum absolute atomic E-state index is 0.0423. The Morgan fingerprint density at radius 1 is 1.15 bits per heavy atom. The van der Waals surface area contributed by atoms with Crippen LogP contribution in [0.1, 0.15) is 11.4 Å². The molecule has 3 aromatic heterocycles. The molecule has 0 bridgehead atoms. The number of ether oxygens (including phenoxy) is 1. The standard InChI is InChI=1S/C17H10ClF3N4O/c1-26-12-5-9-4-10(2-3-14(9)22-7-12)17(20,21)16-24-23-15-13(19)6-11(18)8-25(15)16/h2-8H,1H3. The van der Waals surface area contributed by atoms with Crippen LogP contribution in [-0.2, 0) is 5.92 Å². The third-order valence-electron chi connectivity index (χ3n) is 3.96. The number of fused-ring (bicyclic) bond motifs is 2. The Labute approximate surface area is 150 Å². The lowest BCUT2D eigenvalue weighted by atomic mass is 10.0. The van der Waals surface area contributed by atoms with Crippen LogP contribution in [0.4, 0.5) is 13.2 Å². The van der Waals surface area contributed by atoms with Crippen molar-refractivity contribution in [1.29, 1.82) is 0 Å². The molecule has 0 saturated carbocycles. The van der Waals surface area contributed by atoms with E-state index in [1.165, 1.54) is 31.5 Å². The predicted octanol–water partition coefficient (Wildman–Crippen LogP) is 4.22. The van der Waals surface area contributed by atoms with Crippen molar-refractivity contribution < 1.29 is 17.9 Å². The van der Waals surface area contributed by atoms with Crippen molar-refractivity contribution in [2.24, 2.45) is 0 Å². The molecule has 5 nitrogen and oxygen atoms in total. The van der Waals surface area contributed by atoms with Crippen molar-refractivity contribution in [2.45, 2.75) is 5.92 Å². The topological polar surface area (TPSA) is 52.3 Å². The first kappa shape index (κ1) is 16.6. The maximum Gasteiger partial charge on any atom is 0.332 e. The lowest BCUT2D eigenvalue weighted by Crippen LogP contribution is -2.19. The average Bonchev–Trinajstić information content (AvgIpc) is 3.05. The second-order valence-electron chi connectivity index (χ2n) is 5.58. The van der Waals surface area contributed by atoms with Gasteiger partial charge < -0.3 is 4.74 Å². The van der Waals surface area contributed by atoms with Gasteiger partial charge in [0.15, 0.2) is 11.5 Å². The first-order valence-electron chi connectivity index (χ1n) is 7.42. The molecule has 0 unspecified atom stereocenters. The van der Waals surface area contributed by atoms with Crippen LogP contribution in [-0.4, -0.2) is 26.7 Å². The summed E-state index contributed by atoms with van der Waals surface area (Å²) in [5.41, 5.74) is -0.131. The summed E-state index contributed by atoms with van der Waals surface area (Å²) in [6, 6.07) is 6.58. The maximum atomic E-state index is 15.1. The molecular formula is C17H10ClF3N4O. The summed E-state index contributed by atoms with van der Waals surface area (Å²) in [7, 11) is 1.46. The molecular weight excluding hydrogens is 369 g/mol. The van der Waals surface area contributed by atoms with Crippen molar-refractivity contribution in [2.75, 3.05) is 7.11 Å². The van der Waals surface area contributed by atoms with Crippen LogP contribution in [0.15, 0.2) is 42.7 Å². The van der Waals surface area contributed by atoms with Gasteiger partial charge in [0.05, 0.1) is 23.8 Å². The second kappa shape index (κ2) is 5.84. The van der Waals surface area contributed by atoms with Gasteiger partial charge >= 0.3 is 5.92 Å². The fourth-order valence-corrected chi connectivity index (χ4v) is 2.88. The molecule has 4 aromatic rings. The van der Waals surface area contributed by atoms with E-state index in [-0.39, 0.29) is 16.2 Å². The molecule has 26 heavy (non-hydrogen) atoms. The molecule has 3 heterocycles. The number of aromatic nitrogens is 4. The first-order chi connectivity index (χ1) is 12.4. The van der Waals surface area contributed by atoms with Gasteiger partial charge in [0.2, 0.25) is 5.82 Å². The highest BCUT2D eigenvalue weighted by Crippen LogP contribution is 2.36. The highest BCUT2D eigenvalue weighted by Gasteiger charge is 2.40. The van der Waals surface area contributed by atoms with E-state index in [4.69, 9.17) is 16.3 Å². The number of halogens is 4. The van der Waals surface area contributed by atoms with Gasteiger partial charge in [0.1, 0.15) is 5.75 Å². The van der Waals surface area contributed by atoms with E-state index in [0.29, 0.717) is 16.7 Å². The number of nitrogens with zero attached hydrogens (tertiary/aromatic N) is 4. The SMILES string of the molecule is COc1cnc2ccc(C(F)(F)c3nnc4c(F)cc(Cl)cn34)cc2c1. The first-order valence-corrected chi connectivity index (χ1v) is 7.80. The van der Waals surface area contributed by atoms with Crippen LogP contribution in [0.5, 0.6) is 5.75 Å². The number of pyridine rings is 2. The fraction of sp³-hybridized carbons (Fsp3) is 0.118. The fourth-order valence-electron chi connectivity index (χ4n) is 2.68. The Hall–Kier alpha value is -2.87. The summed E-state index contributed by atoms with van der Waals surface area (Å²) in [4.78, 5) is 4.14. The number of methoxy groups -OCH3 is 1. The van der Waals surface area contributed by atoms with Crippen LogP contribution in [0.3, 0.4) is 0 Å². The zero-order chi connectivity index (χ0) is 18.5. The van der Waals surface area contributed by atoms with E-state index in [0.717, 1.165) is 16.7 Å². The normalized spacial score (nSPS) is 12.0. The van der Waals surface area contributed by atoms with E-state index < -0.39 is 17.6 Å². The monoisotopic (exact) mass is 378 g/mol. The Morgan fingerprint density at radius 2 is 1.96 bits per heavy atom. The minimum Gasteiger partial charge on any atom is -0.495 e. The second-order valence-corrected chi connectivity index (χ2v) is 6.02. The minimum atomic E-state index is -3.53. The number of rotatable bonds is 3. The molecule has 0 aliphatic heterocycles. The predicted molar refractivity (Wildman–Crippen MR) is 89.2 cm³/mol. The number of alkyl halides is 2. The molecule has 0 aliphatic carbocycles. The molecule has 0 aliphatic rings. The number of benzene rings is 1. The number of hydrogen-bond acceptors (Lipinski definition) is 4. The molecule has 0 spiro atoms. The highest BCUT2D eigenvalue weighted by molar-refractivity contribution is 6.30. The van der Waals surface area contributed by atoms with E-state index in [2.05, 4.69) is 15.2 Å². The third kappa shape index (κ3) is 2.53. The van der Waals surface area contributed by atoms with Crippen molar-refractivity contribution in [3.63, 3.8) is 0 Å². The summed E-state index contributed by atoms with van der Waals surface area (Å²) in [6.45, 7) is 0. The molecule has 132 valence electrons. The zero-order valence-corrected chi connectivity index (χ0v) is 14.0. The summed E-state index contributed by atoms with van der Waals surface area (Å²) >= 11 is 5.78. The summed E-state index contributed by atoms with van der Waals surface area (Å²) in [5.74, 6) is -4.66. The van der Waals surface area contributed by atoms with E-state index in [1.54, 1.807) is 6.07 Å². The van der Waals surface area contributed by atoms with Gasteiger partial charge in [-0.2, -0.15) is 8.78 Å². The van der Waals surface area contributed by atoms with E-state index in [1.807, 2.05) is 0 Å². The quantitative estimate of drug-likeness (QED) is 0.535. The lowest BCUT2D eigenvalue weighted by molar-refractivity contribution is 0.0318. The molecule has 9 heteroatoms. The van der Waals surface area contributed by atoms with Gasteiger partial charge in [0.25, 0.3) is 0 Å². The largest absolute Gasteiger partial charge is 0.495 e. The summed E-state index contributed by atoms with van der Waals surface area (Å²) in [5, 5.41) is 7.42. The van der Waals surface area contributed by atoms with Crippen LogP contribution in [0.25, 0.3) is 16.6 Å². The molecule has 4 rings (SSSR count). The van der Waals surface area contributed by atoms with Crippen LogP contribution in [0.2, 0.25) is 5.02 Å². The van der Waals surface area contributed by atoms with Crippen LogP contribution in [0, 0.1) is 5.82 Å². The molecule has 0 radical (unpaired) electrons. The molecule has 1 aromatic carbocycles.